The number of hydrogen-bond acceptors (Lipinski definition) is 5. The molecule has 0 unspecified atom stereocenters. The normalized spacial score (nSPS) is 11.8. The molecule has 294 valence electrons. The Labute approximate surface area is 370 Å². The summed E-state index contributed by atoms with van der Waals surface area (Å²) in [4.78, 5) is 15.6. The number of aromatic nitrogens is 4. The van der Waals surface area contributed by atoms with Crippen molar-refractivity contribution in [3.8, 4) is 62.1 Å². The molecule has 4 nitrogen and oxygen atoms in total. The highest BCUT2D eigenvalue weighted by atomic mass is 32.1. The molecule has 0 spiro atoms. The Balaban J connectivity index is 1.04. The lowest BCUT2D eigenvalue weighted by atomic mass is 9.95. The van der Waals surface area contributed by atoms with Crippen molar-refractivity contribution in [1.82, 2.24) is 19.5 Å². The van der Waals surface area contributed by atoms with E-state index in [2.05, 4.69) is 174 Å². The molecule has 0 saturated heterocycles. The molecule has 13 rings (SSSR count). The molecular formula is C57H34N4S2. The Kier molecular flexibility index (Phi) is 8.22. The largest absolute Gasteiger partial charge is 0.309 e. The summed E-state index contributed by atoms with van der Waals surface area (Å²) in [6, 6.07) is 73.8. The zero-order valence-electron chi connectivity index (χ0n) is 33.7. The van der Waals surface area contributed by atoms with Crippen LogP contribution in [0.2, 0.25) is 0 Å². The van der Waals surface area contributed by atoms with Gasteiger partial charge in [-0.15, -0.1) is 22.7 Å². The van der Waals surface area contributed by atoms with E-state index in [9.17, 15) is 0 Å². The first-order valence-electron chi connectivity index (χ1n) is 21.1. The predicted octanol–water partition coefficient (Wildman–Crippen LogP) is 16.0. The van der Waals surface area contributed by atoms with Gasteiger partial charge in [0, 0.05) is 73.5 Å². The van der Waals surface area contributed by atoms with Crippen LogP contribution in [0, 0.1) is 0 Å². The van der Waals surface area contributed by atoms with E-state index < -0.39 is 0 Å². The van der Waals surface area contributed by atoms with Gasteiger partial charge in [0.1, 0.15) is 0 Å². The van der Waals surface area contributed by atoms with Gasteiger partial charge in [-0.2, -0.15) is 0 Å². The fourth-order valence-corrected chi connectivity index (χ4v) is 11.7. The number of hydrogen-bond donors (Lipinski definition) is 0. The molecule has 13 aromatic rings. The van der Waals surface area contributed by atoms with E-state index in [-0.39, 0.29) is 0 Å². The molecule has 4 aromatic heterocycles. The second-order valence-corrected chi connectivity index (χ2v) is 18.1. The van der Waals surface area contributed by atoms with Crippen molar-refractivity contribution in [1.29, 1.82) is 0 Å². The minimum Gasteiger partial charge on any atom is -0.309 e. The Morgan fingerprint density at radius 2 is 0.825 bits per heavy atom. The Hall–Kier alpha value is -7.77. The van der Waals surface area contributed by atoms with Crippen LogP contribution in [-0.4, -0.2) is 19.5 Å². The third-order valence-corrected chi connectivity index (χ3v) is 14.6. The first-order valence-corrected chi connectivity index (χ1v) is 22.7. The fraction of sp³-hybridized carbons (Fsp3) is 0. The first kappa shape index (κ1) is 35.9. The van der Waals surface area contributed by atoms with Crippen LogP contribution in [0.25, 0.3) is 124 Å². The van der Waals surface area contributed by atoms with Crippen LogP contribution >= 0.6 is 22.7 Å². The lowest BCUT2D eigenvalue weighted by molar-refractivity contribution is 1.08. The summed E-state index contributed by atoms with van der Waals surface area (Å²) in [5.74, 6) is 1.95. The lowest BCUT2D eigenvalue weighted by Crippen LogP contribution is -2.00. The highest BCUT2D eigenvalue weighted by Crippen LogP contribution is 2.48. The molecule has 9 aromatic carbocycles. The highest BCUT2D eigenvalue weighted by molar-refractivity contribution is 7.28. The van der Waals surface area contributed by atoms with Crippen LogP contribution in [0.4, 0.5) is 0 Å². The van der Waals surface area contributed by atoms with Crippen LogP contribution in [0.15, 0.2) is 206 Å². The molecule has 0 saturated carbocycles. The average molecular weight is 839 g/mol. The monoisotopic (exact) mass is 838 g/mol. The van der Waals surface area contributed by atoms with Gasteiger partial charge >= 0.3 is 0 Å². The quantitative estimate of drug-likeness (QED) is 0.168. The second-order valence-electron chi connectivity index (χ2n) is 16.0. The van der Waals surface area contributed by atoms with E-state index in [0.717, 1.165) is 49.3 Å². The third kappa shape index (κ3) is 5.91. The Morgan fingerprint density at radius 3 is 1.51 bits per heavy atom. The van der Waals surface area contributed by atoms with Crippen molar-refractivity contribution in [3.63, 3.8) is 0 Å². The standard InChI is InChI=1S/C57H34N4S2/c1-3-15-35(16-4-1)55-58-56(36-17-5-2-6-18-36)60-57(59-55)46-34-40(33-45-53-51(63-54(45)46)30-29-50-52(53)44-25-9-12-28-49(44)62-50)38-20-13-19-37(31-38)39-21-14-22-41(32-39)61-47-26-10-7-23-42(47)43-24-8-11-27-48(43)61/h1-34H. The molecule has 0 amide bonds. The van der Waals surface area contributed by atoms with E-state index in [1.54, 1.807) is 0 Å². The van der Waals surface area contributed by atoms with Gasteiger partial charge in [-0.3, -0.25) is 0 Å². The molecule has 6 heteroatoms. The minimum absolute atomic E-state index is 0.649. The van der Waals surface area contributed by atoms with E-state index in [0.29, 0.717) is 17.5 Å². The van der Waals surface area contributed by atoms with Gasteiger partial charge in [0.15, 0.2) is 17.5 Å². The van der Waals surface area contributed by atoms with Crippen molar-refractivity contribution in [2.45, 2.75) is 0 Å². The molecular weight excluding hydrogens is 805 g/mol. The Bertz CT molecular complexity index is 3810. The molecule has 0 aliphatic heterocycles. The second kappa shape index (κ2) is 14.4. The van der Waals surface area contributed by atoms with Gasteiger partial charge in [-0.25, -0.2) is 15.0 Å². The van der Waals surface area contributed by atoms with Crippen molar-refractivity contribution in [3.05, 3.63) is 206 Å². The SMILES string of the molecule is c1ccc(-c2nc(-c3ccccc3)nc(-c3cc(-c4cccc(-c5cccc(-n6c7ccccc7c7ccccc76)c5)c4)cc4c3sc3ccc5sc6ccccc6c5c34)n2)cc1. The summed E-state index contributed by atoms with van der Waals surface area (Å²) in [5.41, 5.74) is 11.0. The van der Waals surface area contributed by atoms with Crippen LogP contribution in [0.5, 0.6) is 0 Å². The number of para-hydroxylation sites is 2. The van der Waals surface area contributed by atoms with Gasteiger partial charge < -0.3 is 4.57 Å². The molecule has 0 aliphatic carbocycles. The molecule has 63 heavy (non-hydrogen) atoms. The lowest BCUT2D eigenvalue weighted by Gasteiger charge is -2.13. The number of thiophene rings is 2. The zero-order valence-corrected chi connectivity index (χ0v) is 35.4. The predicted molar refractivity (Wildman–Crippen MR) is 267 cm³/mol. The molecule has 0 bridgehead atoms. The van der Waals surface area contributed by atoms with Crippen LogP contribution < -0.4 is 0 Å². The van der Waals surface area contributed by atoms with E-state index in [1.165, 1.54) is 57.5 Å². The smallest absolute Gasteiger partial charge is 0.165 e. The van der Waals surface area contributed by atoms with Gasteiger partial charge in [0.2, 0.25) is 0 Å². The summed E-state index contributed by atoms with van der Waals surface area (Å²) in [5, 5.41) is 7.60. The molecule has 0 radical (unpaired) electrons. The number of fused-ring (bicyclic) bond motifs is 10. The van der Waals surface area contributed by atoms with Gasteiger partial charge in [0.25, 0.3) is 0 Å². The molecule has 4 heterocycles. The number of nitrogens with zero attached hydrogens (tertiary/aromatic N) is 4. The first-order chi connectivity index (χ1) is 31.2. The van der Waals surface area contributed by atoms with E-state index in [1.807, 2.05) is 59.1 Å². The maximum Gasteiger partial charge on any atom is 0.165 e. The summed E-state index contributed by atoms with van der Waals surface area (Å²) in [7, 11) is 0. The maximum absolute atomic E-state index is 5.28. The van der Waals surface area contributed by atoms with Crippen molar-refractivity contribution >= 4 is 84.8 Å². The van der Waals surface area contributed by atoms with Gasteiger partial charge in [0.05, 0.1) is 11.0 Å². The fourth-order valence-electron chi connectivity index (χ4n) is 9.35. The summed E-state index contributed by atoms with van der Waals surface area (Å²) in [6.45, 7) is 0. The average Bonchev–Trinajstić information content (AvgIpc) is 4.04. The van der Waals surface area contributed by atoms with Crippen molar-refractivity contribution in [2.75, 3.05) is 0 Å². The number of rotatable bonds is 6. The van der Waals surface area contributed by atoms with Crippen LogP contribution in [0.3, 0.4) is 0 Å². The Morgan fingerprint density at radius 1 is 0.317 bits per heavy atom. The van der Waals surface area contributed by atoms with Crippen LogP contribution in [0.1, 0.15) is 0 Å². The molecule has 0 aliphatic rings. The van der Waals surface area contributed by atoms with Crippen LogP contribution in [-0.2, 0) is 0 Å². The van der Waals surface area contributed by atoms with E-state index in [4.69, 9.17) is 15.0 Å². The van der Waals surface area contributed by atoms with E-state index >= 15 is 0 Å². The zero-order chi connectivity index (χ0) is 41.4. The molecule has 0 atom stereocenters. The number of benzene rings is 9. The van der Waals surface area contributed by atoms with Gasteiger partial charge in [-0.05, 0) is 82.9 Å². The summed E-state index contributed by atoms with van der Waals surface area (Å²) < 4.78 is 7.38. The summed E-state index contributed by atoms with van der Waals surface area (Å²) >= 11 is 3.68. The highest BCUT2D eigenvalue weighted by Gasteiger charge is 2.21. The topological polar surface area (TPSA) is 43.6 Å². The summed E-state index contributed by atoms with van der Waals surface area (Å²) in [6.07, 6.45) is 0. The van der Waals surface area contributed by atoms with Gasteiger partial charge in [-0.1, -0.05) is 146 Å². The van der Waals surface area contributed by atoms with Crippen molar-refractivity contribution < 1.29 is 0 Å². The molecule has 0 N–H and O–H groups in total. The molecule has 0 fully saturated rings. The van der Waals surface area contributed by atoms with Crippen molar-refractivity contribution in [2.24, 2.45) is 0 Å². The minimum atomic E-state index is 0.649. The third-order valence-electron chi connectivity index (χ3n) is 12.2. The maximum atomic E-state index is 5.28.